The second-order valence-electron chi connectivity index (χ2n) is 1.85. The highest BCUT2D eigenvalue weighted by atomic mass is 127. The average molecular weight is 371 g/mol. The maximum atomic E-state index is 12.5. The topological polar surface area (TPSA) is 0 Å². The van der Waals surface area contributed by atoms with Crippen molar-refractivity contribution in [3.05, 3.63) is 0 Å². The Morgan fingerprint density at radius 3 is 1.50 bits per heavy atom. The van der Waals surface area contributed by atoms with Gasteiger partial charge in [0.2, 0.25) is 5.08 Å². The first-order valence-corrected chi connectivity index (χ1v) is 4.45. The number of alkyl halides is 8. The summed E-state index contributed by atoms with van der Waals surface area (Å²) in [4.78, 5) is 0. The smallest absolute Gasteiger partial charge is 0.228 e. The summed E-state index contributed by atoms with van der Waals surface area (Å²) in [6.45, 7) is 0. The van der Waals surface area contributed by atoms with Crippen LogP contribution in [0.25, 0.3) is 0 Å². The van der Waals surface area contributed by atoms with Crippen LogP contribution in [0.2, 0.25) is 0 Å². The van der Waals surface area contributed by atoms with Crippen molar-refractivity contribution in [1.82, 2.24) is 0 Å². The van der Waals surface area contributed by atoms with E-state index < -0.39 is 21.1 Å². The molecule has 0 aromatic carbocycles. The maximum Gasteiger partial charge on any atom is 0.336 e. The largest absolute Gasteiger partial charge is 0.336 e. The van der Waals surface area contributed by atoms with E-state index >= 15 is 0 Å². The minimum Gasteiger partial charge on any atom is -0.228 e. The number of halogens is 8. The number of rotatable bonds is 3. The molecule has 0 aliphatic carbocycles. The molecule has 0 aliphatic rings. The van der Waals surface area contributed by atoms with Gasteiger partial charge in [0.25, 0.3) is 10.1 Å². The Bertz CT molecular complexity index is 140. The molecule has 0 rings (SSSR count). The first-order valence-electron chi connectivity index (χ1n) is 2.46. The van der Waals surface area contributed by atoms with E-state index in [1.807, 2.05) is 0 Å². The molecule has 0 bridgehead atoms. The molecule has 0 aromatic rings. The zero-order chi connectivity index (χ0) is 10.2. The lowest BCUT2D eigenvalue weighted by Crippen LogP contribution is -2.49. The lowest BCUT2D eigenvalue weighted by molar-refractivity contribution is -0.153. The SMILES string of the molecule is FC(Br)C(F)(F)C(F)(I)C(F)F. The minimum absolute atomic E-state index is 0.187. The van der Waals surface area contributed by atoms with Gasteiger partial charge in [0, 0.05) is 0 Å². The Morgan fingerprint density at radius 2 is 1.42 bits per heavy atom. The predicted octanol–water partition coefficient (Wildman–Crippen LogP) is 3.68. The highest BCUT2D eigenvalue weighted by Crippen LogP contribution is 2.47. The Labute approximate surface area is 86.0 Å². The molecular formula is C4H2BrF6I. The third-order valence-electron chi connectivity index (χ3n) is 0.993. The van der Waals surface area contributed by atoms with Crippen molar-refractivity contribution in [3.8, 4) is 0 Å². The van der Waals surface area contributed by atoms with Crippen molar-refractivity contribution in [1.29, 1.82) is 0 Å². The van der Waals surface area contributed by atoms with Gasteiger partial charge >= 0.3 is 5.92 Å². The second-order valence-corrected chi connectivity index (χ2v) is 4.22. The maximum absolute atomic E-state index is 12.5. The fourth-order valence-corrected chi connectivity index (χ4v) is 1.33. The summed E-state index contributed by atoms with van der Waals surface area (Å²) in [5, 5.41) is -3.14. The molecule has 0 N–H and O–H groups in total. The van der Waals surface area contributed by atoms with Gasteiger partial charge in [0.15, 0.2) is 0 Å². The van der Waals surface area contributed by atoms with E-state index in [4.69, 9.17) is 0 Å². The van der Waals surface area contributed by atoms with Crippen molar-refractivity contribution in [3.63, 3.8) is 0 Å². The quantitative estimate of drug-likeness (QED) is 0.404. The van der Waals surface area contributed by atoms with Crippen LogP contribution in [0.4, 0.5) is 26.3 Å². The van der Waals surface area contributed by atoms with Crippen molar-refractivity contribution < 1.29 is 26.3 Å². The second kappa shape index (κ2) is 3.89. The van der Waals surface area contributed by atoms with Gasteiger partial charge in [-0.3, -0.25) is 0 Å². The Morgan fingerprint density at radius 1 is 1.08 bits per heavy atom. The molecule has 0 fully saturated rings. The number of hydrogen-bond acceptors (Lipinski definition) is 0. The molecule has 0 saturated carbocycles. The lowest BCUT2D eigenvalue weighted by Gasteiger charge is -2.27. The minimum atomic E-state index is -4.76. The molecule has 12 heavy (non-hydrogen) atoms. The first-order chi connectivity index (χ1) is 5.14. The molecule has 0 aliphatic heterocycles. The summed E-state index contributed by atoms with van der Waals surface area (Å²) in [5.41, 5.74) is 0. The first kappa shape index (κ1) is 12.8. The van der Waals surface area contributed by atoms with Gasteiger partial charge in [-0.2, -0.15) is 8.78 Å². The van der Waals surface area contributed by atoms with Gasteiger partial charge in [0.1, 0.15) is 0 Å². The lowest BCUT2D eigenvalue weighted by atomic mass is 10.2. The van der Waals surface area contributed by atoms with Crippen LogP contribution in [-0.4, -0.2) is 21.1 Å². The van der Waals surface area contributed by atoms with E-state index in [9.17, 15) is 26.3 Å². The van der Waals surface area contributed by atoms with E-state index in [1.165, 1.54) is 0 Å². The van der Waals surface area contributed by atoms with Crippen molar-refractivity contribution >= 4 is 38.5 Å². The molecule has 0 spiro atoms. The van der Waals surface area contributed by atoms with Crippen LogP contribution in [0, 0.1) is 0 Å². The molecule has 0 amide bonds. The molecule has 0 heterocycles. The van der Waals surface area contributed by atoms with Crippen LogP contribution >= 0.6 is 38.5 Å². The summed E-state index contributed by atoms with van der Waals surface area (Å²) in [6.07, 6.45) is -3.95. The van der Waals surface area contributed by atoms with Crippen LogP contribution in [-0.2, 0) is 0 Å². The zero-order valence-electron chi connectivity index (χ0n) is 5.18. The standard InChI is InChI=1S/C4H2BrF6I/c5-1(6)3(9,10)4(11,12)2(7)8/h1-2H. The predicted molar refractivity (Wildman–Crippen MR) is 42.6 cm³/mol. The van der Waals surface area contributed by atoms with E-state index in [0.29, 0.717) is 0 Å². The highest BCUT2D eigenvalue weighted by molar-refractivity contribution is 14.1. The van der Waals surface area contributed by atoms with Gasteiger partial charge in [0.05, 0.1) is 0 Å². The Balaban J connectivity index is 4.75. The van der Waals surface area contributed by atoms with Crippen LogP contribution in [0.1, 0.15) is 0 Å². The van der Waals surface area contributed by atoms with Crippen LogP contribution < -0.4 is 0 Å². The summed E-state index contributed by atoms with van der Waals surface area (Å²) < 4.78 is 68.0. The molecule has 0 aromatic heterocycles. The molecule has 0 saturated heterocycles. The Hall–Kier alpha value is 0.790. The molecular weight excluding hydrogens is 369 g/mol. The molecule has 74 valence electrons. The average Bonchev–Trinajstić information content (AvgIpc) is 1.86. The Kier molecular flexibility index (Phi) is 4.14. The highest BCUT2D eigenvalue weighted by Gasteiger charge is 2.64. The summed E-state index contributed by atoms with van der Waals surface area (Å²) >= 11 is 1.89. The van der Waals surface area contributed by atoms with Crippen LogP contribution in [0.15, 0.2) is 0 Å². The van der Waals surface area contributed by atoms with Gasteiger partial charge in [-0.1, -0.05) is 0 Å². The number of hydrogen-bond donors (Lipinski definition) is 0. The summed E-state index contributed by atoms with van der Waals surface area (Å²) in [6, 6.07) is 0. The molecule has 0 radical (unpaired) electrons. The molecule has 0 nitrogen and oxygen atoms in total. The van der Waals surface area contributed by atoms with Crippen molar-refractivity contribution in [2.24, 2.45) is 0 Å². The third-order valence-corrected chi connectivity index (χ3v) is 2.76. The van der Waals surface area contributed by atoms with E-state index in [1.54, 1.807) is 15.9 Å². The van der Waals surface area contributed by atoms with Gasteiger partial charge < -0.3 is 0 Å². The normalized spacial score (nSPS) is 20.8. The van der Waals surface area contributed by atoms with Crippen LogP contribution in [0.3, 0.4) is 0 Å². The fourth-order valence-electron chi connectivity index (χ4n) is 0.291. The van der Waals surface area contributed by atoms with E-state index in [-0.39, 0.29) is 22.6 Å². The van der Waals surface area contributed by atoms with E-state index in [2.05, 4.69) is 0 Å². The fraction of sp³-hybridized carbons (Fsp3) is 1.00. The monoisotopic (exact) mass is 370 g/mol. The van der Waals surface area contributed by atoms with Gasteiger partial charge in [-0.25, -0.2) is 17.6 Å². The van der Waals surface area contributed by atoms with Crippen molar-refractivity contribution in [2.75, 3.05) is 0 Å². The summed E-state index contributed by atoms with van der Waals surface area (Å²) in [5.74, 6) is -4.76. The van der Waals surface area contributed by atoms with Crippen LogP contribution in [0.5, 0.6) is 0 Å². The third kappa shape index (κ3) is 2.18. The zero-order valence-corrected chi connectivity index (χ0v) is 8.92. The van der Waals surface area contributed by atoms with Gasteiger partial charge in [-0.15, -0.1) is 0 Å². The van der Waals surface area contributed by atoms with Crippen molar-refractivity contribution in [2.45, 2.75) is 21.1 Å². The molecule has 2 unspecified atom stereocenters. The summed E-state index contributed by atoms with van der Waals surface area (Å²) in [7, 11) is 0. The van der Waals surface area contributed by atoms with Gasteiger partial charge in [-0.05, 0) is 38.5 Å². The molecule has 8 heteroatoms. The van der Waals surface area contributed by atoms with E-state index in [0.717, 1.165) is 0 Å². The molecule has 2 atom stereocenters.